The summed E-state index contributed by atoms with van der Waals surface area (Å²) in [6, 6.07) is 2.88. The van der Waals surface area contributed by atoms with Gasteiger partial charge in [-0.2, -0.15) is 0 Å². The van der Waals surface area contributed by atoms with E-state index >= 15 is 0 Å². The summed E-state index contributed by atoms with van der Waals surface area (Å²) in [5.41, 5.74) is -0.245. The molecule has 0 aliphatic heterocycles. The highest BCUT2D eigenvalue weighted by atomic mass is 16.6. The van der Waals surface area contributed by atoms with Crippen molar-refractivity contribution in [2.75, 3.05) is 26.1 Å². The van der Waals surface area contributed by atoms with Gasteiger partial charge in [-0.3, -0.25) is 10.1 Å². The number of nitrogens with zero attached hydrogens (tertiary/aromatic N) is 1. The second-order valence-electron chi connectivity index (χ2n) is 5.25. The SMILES string of the molecule is COc1cc(NC2(CO)CCCC2)c([N+](=O)[O-])cc1OC. The zero-order valence-corrected chi connectivity index (χ0v) is 12.2. The molecule has 0 aromatic heterocycles. The third-order valence-corrected chi connectivity index (χ3v) is 3.96. The Bertz CT molecular complexity index is 526. The Kier molecular flexibility index (Phi) is 4.52. The molecule has 0 radical (unpaired) electrons. The smallest absolute Gasteiger partial charge is 0.296 e. The standard InChI is InChI=1S/C14H20N2O5/c1-20-12-7-10(11(16(18)19)8-13(12)21-2)15-14(9-17)5-3-4-6-14/h7-8,15,17H,3-6,9H2,1-2H3. The van der Waals surface area contributed by atoms with Crippen LogP contribution in [-0.2, 0) is 0 Å². The molecule has 7 nitrogen and oxygen atoms in total. The van der Waals surface area contributed by atoms with Gasteiger partial charge >= 0.3 is 0 Å². The minimum Gasteiger partial charge on any atom is -0.493 e. The van der Waals surface area contributed by atoms with Crippen molar-refractivity contribution in [1.82, 2.24) is 0 Å². The van der Waals surface area contributed by atoms with Crippen LogP contribution in [0.4, 0.5) is 11.4 Å². The molecule has 21 heavy (non-hydrogen) atoms. The normalized spacial score (nSPS) is 16.5. The number of anilines is 1. The molecule has 1 saturated carbocycles. The van der Waals surface area contributed by atoms with Crippen LogP contribution in [0.1, 0.15) is 25.7 Å². The predicted octanol–water partition coefficient (Wildman–Crippen LogP) is 2.33. The van der Waals surface area contributed by atoms with Crippen LogP contribution in [0.5, 0.6) is 11.5 Å². The Morgan fingerprint density at radius 3 is 2.33 bits per heavy atom. The first-order valence-corrected chi connectivity index (χ1v) is 6.85. The summed E-state index contributed by atoms with van der Waals surface area (Å²) in [5, 5.41) is 24.1. The minimum absolute atomic E-state index is 0.0570. The molecule has 0 unspecified atom stereocenters. The number of hydrogen-bond acceptors (Lipinski definition) is 6. The zero-order valence-electron chi connectivity index (χ0n) is 12.2. The van der Waals surface area contributed by atoms with Crippen molar-refractivity contribution in [3.05, 3.63) is 22.2 Å². The number of aliphatic hydroxyl groups excluding tert-OH is 1. The maximum absolute atomic E-state index is 11.3. The van der Waals surface area contributed by atoms with Crippen molar-refractivity contribution in [2.24, 2.45) is 0 Å². The summed E-state index contributed by atoms with van der Waals surface area (Å²) >= 11 is 0. The summed E-state index contributed by atoms with van der Waals surface area (Å²) in [7, 11) is 2.91. The molecule has 0 bridgehead atoms. The van der Waals surface area contributed by atoms with E-state index in [0.717, 1.165) is 25.7 Å². The van der Waals surface area contributed by atoms with Gasteiger partial charge in [-0.15, -0.1) is 0 Å². The molecule has 2 N–H and O–H groups in total. The quantitative estimate of drug-likeness (QED) is 0.618. The van der Waals surface area contributed by atoms with Crippen LogP contribution < -0.4 is 14.8 Å². The van der Waals surface area contributed by atoms with Crippen LogP contribution in [0.3, 0.4) is 0 Å². The average molecular weight is 296 g/mol. The van der Waals surface area contributed by atoms with Gasteiger partial charge in [-0.1, -0.05) is 12.8 Å². The van der Waals surface area contributed by atoms with Gasteiger partial charge in [0.05, 0.1) is 37.4 Å². The van der Waals surface area contributed by atoms with Crippen LogP contribution in [0.2, 0.25) is 0 Å². The van der Waals surface area contributed by atoms with Crippen LogP contribution in [0, 0.1) is 10.1 Å². The molecule has 2 rings (SSSR count). The van der Waals surface area contributed by atoms with Gasteiger partial charge < -0.3 is 19.9 Å². The van der Waals surface area contributed by atoms with Gasteiger partial charge in [0, 0.05) is 6.07 Å². The second-order valence-corrected chi connectivity index (χ2v) is 5.25. The molecule has 0 heterocycles. The van der Waals surface area contributed by atoms with Gasteiger partial charge in [0.1, 0.15) is 5.69 Å². The summed E-state index contributed by atoms with van der Waals surface area (Å²) in [6.07, 6.45) is 3.56. The van der Waals surface area contributed by atoms with Crippen molar-refractivity contribution in [3.8, 4) is 11.5 Å². The van der Waals surface area contributed by atoms with E-state index in [1.807, 2.05) is 0 Å². The number of ether oxygens (including phenoxy) is 2. The molecule has 1 aromatic rings. The first kappa shape index (κ1) is 15.4. The van der Waals surface area contributed by atoms with E-state index in [1.54, 1.807) is 6.07 Å². The highest BCUT2D eigenvalue weighted by molar-refractivity contribution is 5.69. The Morgan fingerprint density at radius 2 is 1.86 bits per heavy atom. The number of benzene rings is 1. The lowest BCUT2D eigenvalue weighted by Gasteiger charge is -2.29. The lowest BCUT2D eigenvalue weighted by atomic mass is 9.98. The number of aliphatic hydroxyl groups is 1. The fourth-order valence-electron chi connectivity index (χ4n) is 2.78. The highest BCUT2D eigenvalue weighted by Gasteiger charge is 2.35. The number of methoxy groups -OCH3 is 2. The van der Waals surface area contributed by atoms with E-state index < -0.39 is 10.5 Å². The van der Waals surface area contributed by atoms with Crippen LogP contribution in [0.25, 0.3) is 0 Å². The van der Waals surface area contributed by atoms with E-state index in [0.29, 0.717) is 17.2 Å². The molecule has 1 aromatic carbocycles. The first-order valence-electron chi connectivity index (χ1n) is 6.85. The number of nitro benzene ring substituents is 1. The monoisotopic (exact) mass is 296 g/mol. The minimum atomic E-state index is -0.496. The average Bonchev–Trinajstić information content (AvgIpc) is 2.95. The summed E-state index contributed by atoms with van der Waals surface area (Å²) in [6.45, 7) is -0.0570. The highest BCUT2D eigenvalue weighted by Crippen LogP contribution is 2.41. The zero-order chi connectivity index (χ0) is 15.5. The molecule has 7 heteroatoms. The summed E-state index contributed by atoms with van der Waals surface area (Å²) in [4.78, 5) is 10.8. The van der Waals surface area contributed by atoms with E-state index in [9.17, 15) is 15.2 Å². The third-order valence-electron chi connectivity index (χ3n) is 3.96. The maximum Gasteiger partial charge on any atom is 0.296 e. The lowest BCUT2D eigenvalue weighted by molar-refractivity contribution is -0.384. The molecular formula is C14H20N2O5. The number of rotatable bonds is 6. The van der Waals surface area contributed by atoms with E-state index in [1.165, 1.54) is 20.3 Å². The van der Waals surface area contributed by atoms with E-state index in [-0.39, 0.29) is 12.3 Å². The Labute approximate surface area is 123 Å². The van der Waals surface area contributed by atoms with Crippen molar-refractivity contribution >= 4 is 11.4 Å². The maximum atomic E-state index is 11.3. The molecule has 0 amide bonds. The fourth-order valence-corrected chi connectivity index (χ4v) is 2.78. The molecule has 1 aliphatic carbocycles. The van der Waals surface area contributed by atoms with Gasteiger partial charge in [0.15, 0.2) is 11.5 Å². The molecule has 0 spiro atoms. The largest absolute Gasteiger partial charge is 0.493 e. The van der Waals surface area contributed by atoms with Gasteiger partial charge in [-0.25, -0.2) is 0 Å². The van der Waals surface area contributed by atoms with Crippen LogP contribution in [-0.4, -0.2) is 36.4 Å². The second kappa shape index (κ2) is 6.17. The molecule has 1 aliphatic rings. The Balaban J connectivity index is 2.43. The summed E-state index contributed by atoms with van der Waals surface area (Å²) in [5.74, 6) is 0.718. The Hall–Kier alpha value is -2.02. The predicted molar refractivity (Wildman–Crippen MR) is 78.1 cm³/mol. The van der Waals surface area contributed by atoms with Crippen molar-refractivity contribution in [1.29, 1.82) is 0 Å². The molecule has 116 valence electrons. The van der Waals surface area contributed by atoms with Crippen molar-refractivity contribution in [3.63, 3.8) is 0 Å². The van der Waals surface area contributed by atoms with Crippen LogP contribution in [0.15, 0.2) is 12.1 Å². The third kappa shape index (κ3) is 3.02. The fraction of sp³-hybridized carbons (Fsp3) is 0.571. The number of nitro groups is 1. The first-order chi connectivity index (χ1) is 10.0. The summed E-state index contributed by atoms with van der Waals surface area (Å²) < 4.78 is 10.3. The topological polar surface area (TPSA) is 93.9 Å². The Morgan fingerprint density at radius 1 is 1.29 bits per heavy atom. The van der Waals surface area contributed by atoms with Gasteiger partial charge in [0.25, 0.3) is 5.69 Å². The molecule has 0 saturated heterocycles. The number of hydrogen-bond donors (Lipinski definition) is 2. The lowest BCUT2D eigenvalue weighted by Crippen LogP contribution is -2.39. The molecule has 1 fully saturated rings. The van der Waals surface area contributed by atoms with Crippen molar-refractivity contribution in [2.45, 2.75) is 31.2 Å². The van der Waals surface area contributed by atoms with E-state index in [2.05, 4.69) is 5.32 Å². The van der Waals surface area contributed by atoms with Crippen LogP contribution >= 0.6 is 0 Å². The van der Waals surface area contributed by atoms with E-state index in [4.69, 9.17) is 9.47 Å². The van der Waals surface area contributed by atoms with Crippen molar-refractivity contribution < 1.29 is 19.5 Å². The number of nitrogens with one attached hydrogen (secondary N) is 1. The molecular weight excluding hydrogens is 276 g/mol. The van der Waals surface area contributed by atoms with Gasteiger partial charge in [0.2, 0.25) is 0 Å². The molecule has 0 atom stereocenters. The van der Waals surface area contributed by atoms with Gasteiger partial charge in [-0.05, 0) is 12.8 Å².